The zero-order valence-corrected chi connectivity index (χ0v) is 13.5. The third-order valence-corrected chi connectivity index (χ3v) is 4.02. The maximum atomic E-state index is 11.9. The first-order valence-electron chi connectivity index (χ1n) is 7.99. The number of aliphatic hydroxyl groups is 1. The second kappa shape index (κ2) is 8.15. The number of aliphatic hydroxyl groups excluding tert-OH is 1. The minimum absolute atomic E-state index is 0.115. The predicted octanol–water partition coefficient (Wildman–Crippen LogP) is 1.85. The quantitative estimate of drug-likeness (QED) is 0.778. The van der Waals surface area contributed by atoms with Gasteiger partial charge in [-0.25, -0.2) is 4.79 Å². The molecule has 1 aliphatic carbocycles. The van der Waals surface area contributed by atoms with Gasteiger partial charge in [0.1, 0.15) is 0 Å². The minimum atomic E-state index is -0.412. The van der Waals surface area contributed by atoms with E-state index in [4.69, 9.17) is 0 Å². The highest BCUT2D eigenvalue weighted by Crippen LogP contribution is 2.18. The van der Waals surface area contributed by atoms with Crippen LogP contribution in [0.1, 0.15) is 36.8 Å². The molecule has 0 aromatic heterocycles. The van der Waals surface area contributed by atoms with E-state index in [9.17, 15) is 9.90 Å². The van der Waals surface area contributed by atoms with Crippen molar-refractivity contribution in [2.24, 2.45) is 0 Å². The van der Waals surface area contributed by atoms with Crippen LogP contribution in [-0.4, -0.2) is 42.3 Å². The molecule has 5 nitrogen and oxygen atoms in total. The number of nitrogens with one attached hydrogen (secondary N) is 2. The van der Waals surface area contributed by atoms with E-state index in [0.29, 0.717) is 6.54 Å². The van der Waals surface area contributed by atoms with E-state index in [2.05, 4.69) is 27.7 Å². The molecule has 3 N–H and O–H groups in total. The Hall–Kier alpha value is -1.59. The van der Waals surface area contributed by atoms with Gasteiger partial charge < -0.3 is 20.6 Å². The fourth-order valence-electron chi connectivity index (χ4n) is 2.81. The molecule has 1 aromatic carbocycles. The third-order valence-electron chi connectivity index (χ3n) is 4.02. The largest absolute Gasteiger partial charge is 0.391 e. The van der Waals surface area contributed by atoms with E-state index in [1.54, 1.807) is 0 Å². The maximum Gasteiger partial charge on any atom is 0.315 e. The van der Waals surface area contributed by atoms with Gasteiger partial charge in [0.2, 0.25) is 0 Å². The molecule has 1 aliphatic rings. The Bertz CT molecular complexity index is 473. The van der Waals surface area contributed by atoms with Gasteiger partial charge in [0, 0.05) is 13.1 Å². The van der Waals surface area contributed by atoms with Crippen molar-refractivity contribution in [3.8, 4) is 0 Å². The predicted molar refractivity (Wildman–Crippen MR) is 87.5 cm³/mol. The van der Waals surface area contributed by atoms with Gasteiger partial charge in [-0.3, -0.25) is 0 Å². The molecular formula is C17H27N3O2. The molecule has 0 heterocycles. The topological polar surface area (TPSA) is 64.6 Å². The Kier molecular flexibility index (Phi) is 6.21. The Labute approximate surface area is 132 Å². The van der Waals surface area contributed by atoms with Crippen LogP contribution < -0.4 is 10.6 Å². The summed E-state index contributed by atoms with van der Waals surface area (Å²) in [4.78, 5) is 14.0. The van der Waals surface area contributed by atoms with Crippen molar-refractivity contribution < 1.29 is 9.90 Å². The molecule has 2 atom stereocenters. The number of carbonyl (C=O) groups is 1. The van der Waals surface area contributed by atoms with Gasteiger partial charge in [0.25, 0.3) is 0 Å². The highest BCUT2D eigenvalue weighted by atomic mass is 16.3. The van der Waals surface area contributed by atoms with Crippen LogP contribution >= 0.6 is 0 Å². The molecule has 0 bridgehead atoms. The summed E-state index contributed by atoms with van der Waals surface area (Å²) in [5, 5.41) is 15.6. The number of hydrogen-bond donors (Lipinski definition) is 3. The van der Waals surface area contributed by atoms with E-state index in [1.807, 2.05) is 26.2 Å². The normalized spacial score (nSPS) is 21.6. The molecule has 22 heavy (non-hydrogen) atoms. The Morgan fingerprint density at radius 3 is 2.45 bits per heavy atom. The molecule has 0 spiro atoms. The van der Waals surface area contributed by atoms with Gasteiger partial charge >= 0.3 is 6.03 Å². The van der Waals surface area contributed by atoms with Gasteiger partial charge in [0.05, 0.1) is 12.1 Å². The zero-order chi connectivity index (χ0) is 15.9. The number of hydrogen-bond acceptors (Lipinski definition) is 3. The van der Waals surface area contributed by atoms with Crippen molar-refractivity contribution in [1.82, 2.24) is 15.5 Å². The van der Waals surface area contributed by atoms with Crippen LogP contribution in [-0.2, 0) is 13.1 Å². The number of amides is 2. The first-order chi connectivity index (χ1) is 10.5. The molecule has 1 saturated carbocycles. The van der Waals surface area contributed by atoms with Gasteiger partial charge in [-0.15, -0.1) is 0 Å². The lowest BCUT2D eigenvalue weighted by atomic mass is 9.93. The highest BCUT2D eigenvalue weighted by Gasteiger charge is 2.24. The lowest BCUT2D eigenvalue weighted by molar-refractivity contribution is 0.0943. The monoisotopic (exact) mass is 305 g/mol. The van der Waals surface area contributed by atoms with Crippen molar-refractivity contribution in [3.05, 3.63) is 35.4 Å². The summed E-state index contributed by atoms with van der Waals surface area (Å²) in [7, 11) is 4.08. The van der Waals surface area contributed by atoms with Crippen molar-refractivity contribution in [2.75, 3.05) is 14.1 Å². The van der Waals surface area contributed by atoms with Gasteiger partial charge in [-0.05, 0) is 38.1 Å². The van der Waals surface area contributed by atoms with Crippen LogP contribution in [0.25, 0.3) is 0 Å². The standard InChI is InChI=1S/C17H27N3O2/c1-20(2)12-14-9-7-13(8-10-14)11-18-17(22)19-15-5-3-4-6-16(15)21/h7-10,15-16,21H,3-6,11-12H2,1-2H3,(H2,18,19,22). The summed E-state index contributed by atoms with van der Waals surface area (Å²) in [5.74, 6) is 0. The van der Waals surface area contributed by atoms with Crippen molar-refractivity contribution in [2.45, 2.75) is 50.9 Å². The first kappa shape index (κ1) is 16.8. The van der Waals surface area contributed by atoms with Crippen LogP contribution in [0.4, 0.5) is 4.79 Å². The molecule has 1 aromatic rings. The molecule has 0 saturated heterocycles. The summed E-state index contributed by atoms with van der Waals surface area (Å²) in [5.41, 5.74) is 2.32. The summed E-state index contributed by atoms with van der Waals surface area (Å²) < 4.78 is 0. The SMILES string of the molecule is CN(C)Cc1ccc(CNC(=O)NC2CCCCC2O)cc1. The minimum Gasteiger partial charge on any atom is -0.391 e. The summed E-state index contributed by atoms with van der Waals surface area (Å²) in [6, 6.07) is 7.92. The molecule has 122 valence electrons. The molecule has 0 aliphatic heterocycles. The van der Waals surface area contributed by atoms with Crippen LogP contribution in [0.15, 0.2) is 24.3 Å². The Balaban J connectivity index is 1.76. The third kappa shape index (κ3) is 5.31. The van der Waals surface area contributed by atoms with Crippen LogP contribution in [0.3, 0.4) is 0 Å². The molecule has 2 amide bonds. The van der Waals surface area contributed by atoms with Crippen molar-refractivity contribution in [3.63, 3.8) is 0 Å². The average molecular weight is 305 g/mol. The average Bonchev–Trinajstić information content (AvgIpc) is 2.48. The number of rotatable bonds is 5. The fraction of sp³-hybridized carbons (Fsp3) is 0.588. The summed E-state index contributed by atoms with van der Waals surface area (Å²) in [6.07, 6.45) is 3.33. The van der Waals surface area contributed by atoms with E-state index in [0.717, 1.165) is 37.8 Å². The highest BCUT2D eigenvalue weighted by molar-refractivity contribution is 5.74. The number of nitrogens with zero attached hydrogens (tertiary/aromatic N) is 1. The van der Waals surface area contributed by atoms with Gasteiger partial charge in [-0.1, -0.05) is 37.1 Å². The number of benzene rings is 1. The van der Waals surface area contributed by atoms with E-state index in [1.165, 1.54) is 5.56 Å². The first-order valence-corrected chi connectivity index (χ1v) is 7.99. The van der Waals surface area contributed by atoms with Crippen LogP contribution in [0, 0.1) is 0 Å². The molecule has 5 heteroatoms. The lowest BCUT2D eigenvalue weighted by Crippen LogP contribution is -2.48. The van der Waals surface area contributed by atoms with Crippen molar-refractivity contribution in [1.29, 1.82) is 0 Å². The molecule has 2 unspecified atom stereocenters. The summed E-state index contributed by atoms with van der Waals surface area (Å²) in [6.45, 7) is 1.41. The Morgan fingerprint density at radius 2 is 1.82 bits per heavy atom. The lowest BCUT2D eigenvalue weighted by Gasteiger charge is -2.28. The maximum absolute atomic E-state index is 11.9. The van der Waals surface area contributed by atoms with E-state index >= 15 is 0 Å². The second-order valence-electron chi connectivity index (χ2n) is 6.34. The zero-order valence-electron chi connectivity index (χ0n) is 13.5. The van der Waals surface area contributed by atoms with Crippen molar-refractivity contribution >= 4 is 6.03 Å². The number of urea groups is 1. The Morgan fingerprint density at radius 1 is 1.18 bits per heavy atom. The van der Waals surface area contributed by atoms with Gasteiger partial charge in [-0.2, -0.15) is 0 Å². The second-order valence-corrected chi connectivity index (χ2v) is 6.34. The van der Waals surface area contributed by atoms with E-state index < -0.39 is 6.10 Å². The summed E-state index contributed by atoms with van der Waals surface area (Å²) >= 11 is 0. The smallest absolute Gasteiger partial charge is 0.315 e. The molecule has 2 rings (SSSR count). The molecular weight excluding hydrogens is 278 g/mol. The van der Waals surface area contributed by atoms with Gasteiger partial charge in [0.15, 0.2) is 0 Å². The molecule has 1 fully saturated rings. The number of carbonyl (C=O) groups excluding carboxylic acids is 1. The van der Waals surface area contributed by atoms with Crippen LogP contribution in [0.2, 0.25) is 0 Å². The molecule has 0 radical (unpaired) electrons. The van der Waals surface area contributed by atoms with E-state index in [-0.39, 0.29) is 12.1 Å². The van der Waals surface area contributed by atoms with Crippen LogP contribution in [0.5, 0.6) is 0 Å². The fourth-order valence-corrected chi connectivity index (χ4v) is 2.81.